The molecule has 0 aromatic carbocycles. The van der Waals surface area contributed by atoms with E-state index in [9.17, 15) is 4.79 Å². The second-order valence-electron chi connectivity index (χ2n) is 5.46. The molecule has 3 N–H and O–H groups in total. The number of nitrogens with one attached hydrogen (secondary N) is 1. The number of nitrogens with zero attached hydrogens (tertiary/aromatic N) is 1. The van der Waals surface area contributed by atoms with Crippen LogP contribution in [0.3, 0.4) is 0 Å². The second kappa shape index (κ2) is 5.17. The Morgan fingerprint density at radius 2 is 2.26 bits per heavy atom. The van der Waals surface area contributed by atoms with E-state index in [1.165, 1.54) is 49.9 Å². The first kappa shape index (κ1) is 13.0. The molecule has 1 aliphatic carbocycles. The van der Waals surface area contributed by atoms with Crippen LogP contribution in [0, 0.1) is 0 Å². The van der Waals surface area contributed by atoms with Crippen molar-refractivity contribution in [2.75, 3.05) is 11.5 Å². The fourth-order valence-corrected chi connectivity index (χ4v) is 4.01. The van der Waals surface area contributed by atoms with Crippen LogP contribution in [0.15, 0.2) is 16.0 Å². The first-order valence-electron chi connectivity index (χ1n) is 6.83. The molecule has 1 aliphatic heterocycles. The summed E-state index contributed by atoms with van der Waals surface area (Å²) in [5, 5.41) is 0.584. The van der Waals surface area contributed by atoms with Gasteiger partial charge in [-0.15, -0.1) is 0 Å². The maximum Gasteiger partial charge on any atom is 0.253 e. The molecule has 6 heteroatoms. The van der Waals surface area contributed by atoms with Crippen molar-refractivity contribution >= 4 is 17.6 Å². The lowest BCUT2D eigenvalue weighted by Gasteiger charge is -2.23. The average Bonchev–Trinajstić information content (AvgIpc) is 2.97. The van der Waals surface area contributed by atoms with Crippen LogP contribution in [0.25, 0.3) is 0 Å². The third kappa shape index (κ3) is 2.95. The molecule has 1 spiro atoms. The molecule has 3 rings (SSSR count). The molecular formula is C13H19N3O2S. The van der Waals surface area contributed by atoms with E-state index in [-0.39, 0.29) is 23.1 Å². The van der Waals surface area contributed by atoms with E-state index in [0.717, 1.165) is 12.2 Å². The van der Waals surface area contributed by atoms with Gasteiger partial charge in [-0.1, -0.05) is 24.6 Å². The van der Waals surface area contributed by atoms with Crippen LogP contribution in [-0.2, 0) is 4.74 Å². The molecule has 2 aliphatic rings. The van der Waals surface area contributed by atoms with Crippen molar-refractivity contribution in [1.82, 2.24) is 9.97 Å². The summed E-state index contributed by atoms with van der Waals surface area (Å²) in [6.07, 6.45) is 7.57. The summed E-state index contributed by atoms with van der Waals surface area (Å²) in [5.74, 6) is 1.10. The van der Waals surface area contributed by atoms with Gasteiger partial charge in [0.05, 0.1) is 11.7 Å². The zero-order valence-electron chi connectivity index (χ0n) is 10.9. The van der Waals surface area contributed by atoms with Crippen molar-refractivity contribution in [1.29, 1.82) is 0 Å². The summed E-state index contributed by atoms with van der Waals surface area (Å²) in [6, 6.07) is 1.30. The van der Waals surface area contributed by atoms with Crippen molar-refractivity contribution in [2.24, 2.45) is 0 Å². The van der Waals surface area contributed by atoms with E-state index >= 15 is 0 Å². The summed E-state index contributed by atoms with van der Waals surface area (Å²) in [7, 11) is 0. The number of hydrogen-bond acceptors (Lipinski definition) is 5. The number of H-pyrrole nitrogens is 1. The number of anilines is 1. The molecule has 1 aromatic heterocycles. The van der Waals surface area contributed by atoms with Gasteiger partial charge in [0.1, 0.15) is 5.82 Å². The van der Waals surface area contributed by atoms with Gasteiger partial charge in [-0.05, 0) is 25.7 Å². The lowest BCUT2D eigenvalue weighted by atomic mass is 9.98. The van der Waals surface area contributed by atoms with Gasteiger partial charge in [-0.3, -0.25) is 4.79 Å². The minimum atomic E-state index is -0.199. The van der Waals surface area contributed by atoms with E-state index in [4.69, 9.17) is 10.5 Å². The van der Waals surface area contributed by atoms with Gasteiger partial charge < -0.3 is 15.5 Å². The predicted molar refractivity (Wildman–Crippen MR) is 75.3 cm³/mol. The SMILES string of the molecule is Nc1cc(=O)[nH]c(SCC2CCC3(CCCC3)O2)n1. The largest absolute Gasteiger partial charge is 0.383 e. The molecule has 1 unspecified atom stereocenters. The molecule has 1 saturated heterocycles. The predicted octanol–water partition coefficient (Wildman–Crippen LogP) is 1.94. The van der Waals surface area contributed by atoms with Crippen LogP contribution in [0.1, 0.15) is 38.5 Å². The topological polar surface area (TPSA) is 81.0 Å². The van der Waals surface area contributed by atoms with E-state index < -0.39 is 0 Å². The molecule has 104 valence electrons. The number of aromatic nitrogens is 2. The molecule has 1 aromatic rings. The number of aromatic amines is 1. The molecule has 1 saturated carbocycles. The highest BCUT2D eigenvalue weighted by atomic mass is 32.2. The zero-order valence-corrected chi connectivity index (χ0v) is 11.7. The van der Waals surface area contributed by atoms with Crippen LogP contribution in [-0.4, -0.2) is 27.4 Å². The third-order valence-electron chi connectivity index (χ3n) is 4.00. The van der Waals surface area contributed by atoms with Crippen molar-refractivity contribution in [2.45, 2.75) is 55.4 Å². The van der Waals surface area contributed by atoms with Crippen LogP contribution in [0.5, 0.6) is 0 Å². The number of nitrogen functional groups attached to an aromatic ring is 1. The summed E-state index contributed by atoms with van der Waals surface area (Å²) in [4.78, 5) is 18.1. The Labute approximate surface area is 116 Å². The highest BCUT2D eigenvalue weighted by Gasteiger charge is 2.41. The monoisotopic (exact) mass is 281 g/mol. The quantitative estimate of drug-likeness (QED) is 0.653. The zero-order chi connectivity index (χ0) is 13.3. The fourth-order valence-electron chi connectivity index (χ4n) is 3.09. The van der Waals surface area contributed by atoms with Gasteiger partial charge in [-0.25, -0.2) is 4.98 Å². The number of nitrogens with two attached hydrogens (primary N) is 1. The Morgan fingerprint density at radius 3 is 3.00 bits per heavy atom. The highest BCUT2D eigenvalue weighted by molar-refractivity contribution is 7.99. The van der Waals surface area contributed by atoms with Crippen molar-refractivity contribution in [3.8, 4) is 0 Å². The Balaban J connectivity index is 1.57. The molecule has 0 bridgehead atoms. The number of rotatable bonds is 3. The summed E-state index contributed by atoms with van der Waals surface area (Å²) < 4.78 is 6.22. The summed E-state index contributed by atoms with van der Waals surface area (Å²) in [5.41, 5.74) is 5.53. The molecule has 1 atom stereocenters. The van der Waals surface area contributed by atoms with E-state index in [1.54, 1.807) is 0 Å². The third-order valence-corrected chi connectivity index (χ3v) is 5.00. The minimum Gasteiger partial charge on any atom is -0.383 e. The second-order valence-corrected chi connectivity index (χ2v) is 6.46. The smallest absolute Gasteiger partial charge is 0.253 e. The van der Waals surface area contributed by atoms with Gasteiger partial charge >= 0.3 is 0 Å². The van der Waals surface area contributed by atoms with Gasteiger partial charge in [-0.2, -0.15) is 0 Å². The first-order valence-corrected chi connectivity index (χ1v) is 7.81. The Hall–Kier alpha value is -1.01. The molecule has 2 fully saturated rings. The van der Waals surface area contributed by atoms with Gasteiger partial charge in [0.2, 0.25) is 0 Å². The normalized spacial score (nSPS) is 25.2. The lowest BCUT2D eigenvalue weighted by Crippen LogP contribution is -2.25. The van der Waals surface area contributed by atoms with Crippen molar-refractivity contribution in [3.05, 3.63) is 16.4 Å². The van der Waals surface area contributed by atoms with Crippen LogP contribution < -0.4 is 11.3 Å². The van der Waals surface area contributed by atoms with E-state index in [1.807, 2.05) is 0 Å². The molecule has 2 heterocycles. The summed E-state index contributed by atoms with van der Waals surface area (Å²) >= 11 is 1.52. The van der Waals surface area contributed by atoms with Crippen molar-refractivity contribution < 1.29 is 4.74 Å². The maximum atomic E-state index is 11.3. The van der Waals surface area contributed by atoms with Crippen LogP contribution >= 0.6 is 11.8 Å². The molecule has 19 heavy (non-hydrogen) atoms. The number of ether oxygens (including phenoxy) is 1. The average molecular weight is 281 g/mol. The standard InChI is InChI=1S/C13H19N3O2S/c14-10-7-11(17)16-12(15-10)19-8-9-3-6-13(18-9)4-1-2-5-13/h7,9H,1-6,8H2,(H3,14,15,16,17). The van der Waals surface area contributed by atoms with Crippen molar-refractivity contribution in [3.63, 3.8) is 0 Å². The maximum absolute atomic E-state index is 11.3. The number of hydrogen-bond donors (Lipinski definition) is 2. The Bertz CT molecular complexity index is 511. The Morgan fingerprint density at radius 1 is 1.47 bits per heavy atom. The minimum absolute atomic E-state index is 0.168. The van der Waals surface area contributed by atoms with Gasteiger partial charge in [0, 0.05) is 11.8 Å². The Kier molecular flexibility index (Phi) is 3.54. The van der Waals surface area contributed by atoms with Crippen LogP contribution in [0.4, 0.5) is 5.82 Å². The highest BCUT2D eigenvalue weighted by Crippen LogP contribution is 2.44. The van der Waals surface area contributed by atoms with Crippen LogP contribution in [0.2, 0.25) is 0 Å². The van der Waals surface area contributed by atoms with Gasteiger partial charge in [0.15, 0.2) is 5.16 Å². The molecule has 0 amide bonds. The van der Waals surface area contributed by atoms with E-state index in [0.29, 0.717) is 5.16 Å². The molecular weight excluding hydrogens is 262 g/mol. The molecule has 5 nitrogen and oxygen atoms in total. The fraction of sp³-hybridized carbons (Fsp3) is 0.692. The number of thioether (sulfide) groups is 1. The van der Waals surface area contributed by atoms with E-state index in [2.05, 4.69) is 9.97 Å². The lowest BCUT2D eigenvalue weighted by molar-refractivity contribution is -0.0267. The molecule has 0 radical (unpaired) electrons. The first-order chi connectivity index (χ1) is 9.15. The van der Waals surface area contributed by atoms with Gasteiger partial charge in [0.25, 0.3) is 5.56 Å². The summed E-state index contributed by atoms with van der Waals surface area (Å²) in [6.45, 7) is 0.